The Balaban J connectivity index is 2.23. The topological polar surface area (TPSA) is 106 Å². The Morgan fingerprint density at radius 1 is 1.17 bits per heavy atom. The van der Waals surface area contributed by atoms with Crippen LogP contribution in [-0.4, -0.2) is 24.7 Å². The van der Waals surface area contributed by atoms with E-state index in [0.717, 1.165) is 10.8 Å². The molecule has 0 aliphatic heterocycles. The summed E-state index contributed by atoms with van der Waals surface area (Å²) in [4.78, 5) is 8.62. The van der Waals surface area contributed by atoms with Gasteiger partial charge in [0.1, 0.15) is 23.3 Å². The molecule has 0 unspecified atom stereocenters. The molecule has 4 rings (SSSR count). The van der Waals surface area contributed by atoms with Crippen molar-refractivity contribution in [3.8, 4) is 11.8 Å². The number of aryl methyl sites for hydroxylation is 1. The molecular weight excluding hydrogens is 326 g/mol. The number of hydrogen-bond donors (Lipinski definition) is 1. The Morgan fingerprint density at radius 3 is 2.75 bits per heavy atom. The number of anilines is 1. The van der Waals surface area contributed by atoms with Crippen molar-refractivity contribution in [2.45, 2.75) is 6.92 Å². The first-order chi connectivity index (χ1) is 11.6. The molecule has 2 N–H and O–H groups in total. The average molecular weight is 336 g/mol. The molecule has 3 aromatic heterocycles. The second-order valence-electron chi connectivity index (χ2n) is 5.25. The van der Waals surface area contributed by atoms with Crippen molar-refractivity contribution in [3.63, 3.8) is 0 Å². The van der Waals surface area contributed by atoms with Crippen LogP contribution in [0.5, 0.6) is 0 Å². The van der Waals surface area contributed by atoms with Crippen molar-refractivity contribution in [2.24, 2.45) is 0 Å². The van der Waals surface area contributed by atoms with E-state index in [1.54, 1.807) is 36.1 Å². The molecule has 0 amide bonds. The third-order valence-electron chi connectivity index (χ3n) is 3.85. The summed E-state index contributed by atoms with van der Waals surface area (Å²) in [5.41, 5.74) is 7.71. The largest absolute Gasteiger partial charge is 0.384 e. The first-order valence-corrected chi connectivity index (χ1v) is 7.42. The van der Waals surface area contributed by atoms with E-state index >= 15 is 0 Å². The fraction of sp³-hybridized carbons (Fsp3) is 0.0625. The molecule has 0 atom stereocenters. The summed E-state index contributed by atoms with van der Waals surface area (Å²) in [6.45, 7) is 1.77. The highest BCUT2D eigenvalue weighted by Gasteiger charge is 2.21. The Bertz CT molecular complexity index is 1160. The Hall–Kier alpha value is -3.24. The monoisotopic (exact) mass is 335 g/mol. The number of nitrogen functional groups attached to an aromatic ring is 1. The van der Waals surface area contributed by atoms with Gasteiger partial charge in [0.15, 0.2) is 5.65 Å². The zero-order chi connectivity index (χ0) is 16.8. The molecule has 0 bridgehead atoms. The number of nitrogens with two attached hydrogens (primary N) is 1. The number of aromatic nitrogens is 5. The average Bonchev–Trinajstić information content (AvgIpc) is 2.85. The van der Waals surface area contributed by atoms with Gasteiger partial charge in [0.2, 0.25) is 0 Å². The van der Waals surface area contributed by atoms with Gasteiger partial charge in [-0.2, -0.15) is 15.5 Å². The van der Waals surface area contributed by atoms with Crippen LogP contribution in [0.3, 0.4) is 0 Å². The van der Waals surface area contributed by atoms with Gasteiger partial charge in [0.05, 0.1) is 28.5 Å². The first kappa shape index (κ1) is 14.4. The molecule has 1 aromatic carbocycles. The molecule has 3 heterocycles. The summed E-state index contributed by atoms with van der Waals surface area (Å²) in [5, 5.41) is 20.0. The van der Waals surface area contributed by atoms with E-state index in [2.05, 4.69) is 26.2 Å². The van der Waals surface area contributed by atoms with E-state index in [1.165, 1.54) is 0 Å². The van der Waals surface area contributed by atoms with E-state index in [9.17, 15) is 5.26 Å². The molecule has 116 valence electrons. The maximum absolute atomic E-state index is 9.47. The molecule has 0 aliphatic carbocycles. The van der Waals surface area contributed by atoms with E-state index in [0.29, 0.717) is 33.1 Å². The molecular formula is C16H10ClN7. The highest BCUT2D eigenvalue weighted by atomic mass is 35.5. The smallest absolute Gasteiger partial charge is 0.151 e. The lowest BCUT2D eigenvalue weighted by Crippen LogP contribution is -2.04. The zero-order valence-electron chi connectivity index (χ0n) is 12.5. The minimum atomic E-state index is 0.263. The SMILES string of the molecule is Cc1ncc2c(C#N)c(N)n(-c3c(Cl)ccc4cnncc34)c2n1. The standard InChI is InChI=1S/C16H10ClN7/c1-8-20-6-12-10(4-18)15(19)24(16(12)23-8)14-11-7-22-21-5-9(11)2-3-13(14)17/h2-3,5-7H,19H2,1H3. The molecule has 0 fully saturated rings. The number of benzene rings is 1. The van der Waals surface area contributed by atoms with Gasteiger partial charge in [-0.25, -0.2) is 9.97 Å². The fourth-order valence-corrected chi connectivity index (χ4v) is 3.02. The second kappa shape index (κ2) is 5.15. The van der Waals surface area contributed by atoms with Crippen LogP contribution in [0.25, 0.3) is 27.5 Å². The summed E-state index contributed by atoms with van der Waals surface area (Å²) < 4.78 is 1.68. The van der Waals surface area contributed by atoms with Crippen molar-refractivity contribution >= 4 is 39.2 Å². The molecule has 0 aliphatic rings. The van der Waals surface area contributed by atoms with Crippen LogP contribution < -0.4 is 5.73 Å². The van der Waals surface area contributed by atoms with Gasteiger partial charge >= 0.3 is 0 Å². The van der Waals surface area contributed by atoms with Gasteiger partial charge in [-0.3, -0.25) is 4.57 Å². The molecule has 0 spiro atoms. The number of fused-ring (bicyclic) bond motifs is 2. The summed E-state index contributed by atoms with van der Waals surface area (Å²) in [6, 6.07) is 5.73. The van der Waals surface area contributed by atoms with Crippen molar-refractivity contribution in [1.82, 2.24) is 24.7 Å². The molecule has 4 aromatic rings. The molecule has 24 heavy (non-hydrogen) atoms. The van der Waals surface area contributed by atoms with Gasteiger partial charge in [-0.05, 0) is 13.0 Å². The van der Waals surface area contributed by atoms with E-state index in [4.69, 9.17) is 17.3 Å². The van der Waals surface area contributed by atoms with Crippen LogP contribution in [-0.2, 0) is 0 Å². The Kier molecular flexibility index (Phi) is 3.08. The molecule has 8 heteroatoms. The van der Waals surface area contributed by atoms with E-state index < -0.39 is 0 Å². The normalized spacial score (nSPS) is 11.0. The third kappa shape index (κ3) is 1.90. The zero-order valence-corrected chi connectivity index (χ0v) is 13.3. The predicted octanol–water partition coefficient (Wildman–Crippen LogP) is 2.78. The molecule has 7 nitrogen and oxygen atoms in total. The lowest BCUT2D eigenvalue weighted by molar-refractivity contribution is 1.03. The van der Waals surface area contributed by atoms with Crippen LogP contribution in [0.2, 0.25) is 5.02 Å². The van der Waals surface area contributed by atoms with Crippen molar-refractivity contribution in [3.05, 3.63) is 47.1 Å². The minimum Gasteiger partial charge on any atom is -0.384 e. The predicted molar refractivity (Wildman–Crippen MR) is 90.8 cm³/mol. The second-order valence-corrected chi connectivity index (χ2v) is 5.66. The Labute approximate surface area is 141 Å². The highest BCUT2D eigenvalue weighted by Crippen LogP contribution is 2.36. The van der Waals surface area contributed by atoms with Crippen LogP contribution in [0.4, 0.5) is 5.82 Å². The molecule has 0 radical (unpaired) electrons. The maximum Gasteiger partial charge on any atom is 0.151 e. The van der Waals surface area contributed by atoms with Crippen LogP contribution in [0, 0.1) is 18.3 Å². The van der Waals surface area contributed by atoms with E-state index in [-0.39, 0.29) is 5.82 Å². The lowest BCUT2D eigenvalue weighted by atomic mass is 10.1. The van der Waals surface area contributed by atoms with E-state index in [1.807, 2.05) is 6.07 Å². The number of nitrogens with zero attached hydrogens (tertiary/aromatic N) is 6. The van der Waals surface area contributed by atoms with Gasteiger partial charge in [-0.1, -0.05) is 17.7 Å². The van der Waals surface area contributed by atoms with Crippen molar-refractivity contribution < 1.29 is 0 Å². The van der Waals surface area contributed by atoms with Gasteiger partial charge in [0.25, 0.3) is 0 Å². The first-order valence-electron chi connectivity index (χ1n) is 7.04. The van der Waals surface area contributed by atoms with Gasteiger partial charge in [-0.15, -0.1) is 0 Å². The maximum atomic E-state index is 9.47. The van der Waals surface area contributed by atoms with Crippen molar-refractivity contribution in [1.29, 1.82) is 5.26 Å². The number of rotatable bonds is 1. The summed E-state index contributed by atoms with van der Waals surface area (Å²) >= 11 is 6.45. The molecule has 0 saturated carbocycles. The number of halogens is 1. The quantitative estimate of drug-likeness (QED) is 0.573. The lowest BCUT2D eigenvalue weighted by Gasteiger charge is -2.12. The third-order valence-corrected chi connectivity index (χ3v) is 4.16. The molecule has 0 saturated heterocycles. The van der Waals surface area contributed by atoms with Crippen LogP contribution >= 0.6 is 11.6 Å². The fourth-order valence-electron chi connectivity index (χ4n) is 2.77. The summed E-state index contributed by atoms with van der Waals surface area (Å²) in [5.74, 6) is 0.834. The minimum absolute atomic E-state index is 0.263. The summed E-state index contributed by atoms with van der Waals surface area (Å²) in [6.07, 6.45) is 4.85. The van der Waals surface area contributed by atoms with Crippen molar-refractivity contribution in [2.75, 3.05) is 5.73 Å². The highest BCUT2D eigenvalue weighted by molar-refractivity contribution is 6.34. The number of nitriles is 1. The van der Waals surface area contributed by atoms with Crippen LogP contribution in [0.15, 0.2) is 30.7 Å². The number of hydrogen-bond acceptors (Lipinski definition) is 6. The summed E-state index contributed by atoms with van der Waals surface area (Å²) in [7, 11) is 0. The Morgan fingerprint density at radius 2 is 1.96 bits per heavy atom. The van der Waals surface area contributed by atoms with Crippen LogP contribution in [0.1, 0.15) is 11.4 Å². The van der Waals surface area contributed by atoms with Gasteiger partial charge in [0, 0.05) is 17.0 Å². The van der Waals surface area contributed by atoms with Gasteiger partial charge < -0.3 is 5.73 Å².